The van der Waals surface area contributed by atoms with Gasteiger partial charge in [0.15, 0.2) is 5.41 Å². The molecule has 0 saturated heterocycles. The molecule has 156 valence electrons. The maximum atomic E-state index is 14.4. The van der Waals surface area contributed by atoms with Crippen LogP contribution < -0.4 is 0 Å². The molecule has 1 N–H and O–H groups in total. The Hall–Kier alpha value is -2.78. The van der Waals surface area contributed by atoms with Gasteiger partial charge in [0.1, 0.15) is 5.82 Å². The van der Waals surface area contributed by atoms with Gasteiger partial charge in [0.05, 0.1) is 20.1 Å². The van der Waals surface area contributed by atoms with Crippen LogP contribution in [0.1, 0.15) is 27.9 Å². The Kier molecular flexibility index (Phi) is 5.96. The lowest BCUT2D eigenvalue weighted by atomic mass is 9.71. The van der Waals surface area contributed by atoms with E-state index in [0.717, 1.165) is 13.2 Å². The number of carboxylic acids is 1. The molecule has 0 saturated carbocycles. The van der Waals surface area contributed by atoms with Gasteiger partial charge in [-0.05, 0) is 35.9 Å². The number of halogens is 3. The number of ether oxygens (including phenoxy) is 1. The molecule has 1 aliphatic rings. The minimum absolute atomic E-state index is 0.00593. The average molecular weight is 499 g/mol. The number of methoxy groups -OCH3 is 1. The zero-order valence-corrected chi connectivity index (χ0v) is 17.8. The molecule has 0 fully saturated rings. The molecule has 0 spiro atoms. The van der Waals surface area contributed by atoms with Crippen molar-refractivity contribution in [2.75, 3.05) is 7.11 Å². The average Bonchev–Trinajstić information content (AvgIpc) is 2.69. The van der Waals surface area contributed by atoms with E-state index in [0.29, 0.717) is 9.37 Å². The summed E-state index contributed by atoms with van der Waals surface area (Å²) in [5.41, 5.74) is -2.60. The third-order valence-electron chi connectivity index (χ3n) is 4.82. The van der Waals surface area contributed by atoms with Crippen LogP contribution in [0, 0.1) is 5.82 Å². The maximum absolute atomic E-state index is 14.4. The van der Waals surface area contributed by atoms with E-state index in [1.54, 1.807) is 0 Å². The molecule has 3 rings (SSSR count). The topological polar surface area (TPSA) is 101 Å². The number of carboxylic acid groups (broad SMARTS) is 1. The van der Waals surface area contributed by atoms with E-state index in [9.17, 15) is 28.7 Å². The molecular formula is C20H14BrClFNO6. The fraction of sp³-hybridized carbons (Fsp3) is 0.200. The number of hydrogen-bond acceptors (Lipinski definition) is 5. The smallest absolute Gasteiger partial charge is 0.326 e. The second-order valence-electron chi connectivity index (χ2n) is 6.59. The van der Waals surface area contributed by atoms with Gasteiger partial charge >= 0.3 is 11.9 Å². The highest BCUT2D eigenvalue weighted by Gasteiger charge is 2.58. The van der Waals surface area contributed by atoms with Crippen molar-refractivity contribution in [2.45, 2.75) is 18.4 Å². The molecule has 10 heteroatoms. The van der Waals surface area contributed by atoms with Crippen molar-refractivity contribution in [1.82, 2.24) is 4.90 Å². The number of nitrogens with zero attached hydrogens (tertiary/aromatic N) is 1. The first-order valence-corrected chi connectivity index (χ1v) is 9.69. The van der Waals surface area contributed by atoms with Gasteiger partial charge in [0, 0.05) is 20.6 Å². The number of amides is 2. The molecule has 0 bridgehead atoms. The highest BCUT2D eigenvalue weighted by Crippen LogP contribution is 2.41. The summed E-state index contributed by atoms with van der Waals surface area (Å²) < 4.78 is 19.6. The highest BCUT2D eigenvalue weighted by atomic mass is 79.9. The van der Waals surface area contributed by atoms with Crippen LogP contribution in [-0.4, -0.2) is 40.9 Å². The van der Waals surface area contributed by atoms with E-state index in [1.807, 2.05) is 0 Å². The summed E-state index contributed by atoms with van der Waals surface area (Å²) in [4.78, 5) is 51.5. The number of esters is 1. The predicted octanol–water partition coefficient (Wildman–Crippen LogP) is 3.31. The van der Waals surface area contributed by atoms with Gasteiger partial charge in [0.2, 0.25) is 0 Å². The van der Waals surface area contributed by atoms with Gasteiger partial charge in [-0.25, -0.2) is 4.39 Å². The van der Waals surface area contributed by atoms with Crippen molar-refractivity contribution in [3.05, 3.63) is 68.4 Å². The summed E-state index contributed by atoms with van der Waals surface area (Å²) in [5.74, 6) is -5.25. The number of imide groups is 1. The lowest BCUT2D eigenvalue weighted by Crippen LogP contribution is -2.59. The number of benzene rings is 2. The number of aliphatic carboxylic acids is 1. The normalized spacial score (nSPS) is 18.2. The van der Waals surface area contributed by atoms with Crippen molar-refractivity contribution in [2.24, 2.45) is 0 Å². The fourth-order valence-electron chi connectivity index (χ4n) is 3.44. The molecule has 1 aliphatic heterocycles. The summed E-state index contributed by atoms with van der Waals surface area (Å²) in [5, 5.41) is 9.54. The van der Waals surface area contributed by atoms with Crippen molar-refractivity contribution in [3.8, 4) is 0 Å². The summed E-state index contributed by atoms with van der Waals surface area (Å²) in [6.07, 6.45) is -0.974. The molecule has 0 aromatic heterocycles. The van der Waals surface area contributed by atoms with Gasteiger partial charge in [-0.2, -0.15) is 0 Å². The van der Waals surface area contributed by atoms with Gasteiger partial charge in [-0.1, -0.05) is 33.6 Å². The molecule has 1 atom stereocenters. The molecule has 30 heavy (non-hydrogen) atoms. The Morgan fingerprint density at radius 3 is 2.53 bits per heavy atom. The minimum atomic E-state index is -2.35. The number of fused-ring (bicyclic) bond motifs is 1. The Bertz CT molecular complexity index is 1090. The van der Waals surface area contributed by atoms with Gasteiger partial charge in [-0.3, -0.25) is 24.1 Å². The van der Waals surface area contributed by atoms with Crippen LogP contribution in [0.5, 0.6) is 0 Å². The van der Waals surface area contributed by atoms with E-state index in [4.69, 9.17) is 16.3 Å². The number of carbonyl (C=O) groups excluding carboxylic acids is 3. The van der Waals surface area contributed by atoms with E-state index >= 15 is 0 Å². The molecule has 0 aliphatic carbocycles. The van der Waals surface area contributed by atoms with Gasteiger partial charge in [-0.15, -0.1) is 0 Å². The lowest BCUT2D eigenvalue weighted by Gasteiger charge is -2.39. The third-order valence-corrected chi connectivity index (χ3v) is 5.55. The van der Waals surface area contributed by atoms with Crippen LogP contribution in [0.3, 0.4) is 0 Å². The minimum Gasteiger partial charge on any atom is -0.481 e. The standard InChI is InChI=1S/C20H14BrClFNO6/c1-30-19(29)20(8-16(25)26)14-7-12(22)4-5-13(14)17(27)24(18(20)28)9-10-2-3-11(21)6-15(10)23/h2-7H,8-9H2,1H3,(H,25,26). The number of rotatable bonds is 5. The lowest BCUT2D eigenvalue weighted by molar-refractivity contribution is -0.161. The predicted molar refractivity (Wildman–Crippen MR) is 106 cm³/mol. The van der Waals surface area contributed by atoms with Crippen LogP contribution in [-0.2, 0) is 31.1 Å². The molecule has 1 heterocycles. The first-order chi connectivity index (χ1) is 14.1. The first kappa shape index (κ1) is 21.9. The first-order valence-electron chi connectivity index (χ1n) is 8.52. The molecule has 1 unspecified atom stereocenters. The summed E-state index contributed by atoms with van der Waals surface area (Å²) >= 11 is 9.12. The molecule has 2 aromatic rings. The third kappa shape index (κ3) is 3.59. The number of hydrogen-bond donors (Lipinski definition) is 1. The van der Waals surface area contributed by atoms with Gasteiger partial charge < -0.3 is 9.84 Å². The van der Waals surface area contributed by atoms with Crippen LogP contribution >= 0.6 is 27.5 Å². The second-order valence-corrected chi connectivity index (χ2v) is 7.94. The van der Waals surface area contributed by atoms with Crippen LogP contribution in [0.4, 0.5) is 4.39 Å². The van der Waals surface area contributed by atoms with Crippen molar-refractivity contribution in [3.63, 3.8) is 0 Å². The largest absolute Gasteiger partial charge is 0.481 e. The summed E-state index contributed by atoms with van der Waals surface area (Å²) in [7, 11) is 0.999. The molecule has 0 radical (unpaired) electrons. The summed E-state index contributed by atoms with van der Waals surface area (Å²) in [6.45, 7) is -0.503. The van der Waals surface area contributed by atoms with Crippen molar-refractivity contribution in [1.29, 1.82) is 0 Å². The highest BCUT2D eigenvalue weighted by molar-refractivity contribution is 9.10. The maximum Gasteiger partial charge on any atom is 0.326 e. The monoisotopic (exact) mass is 497 g/mol. The Morgan fingerprint density at radius 1 is 1.23 bits per heavy atom. The van der Waals surface area contributed by atoms with E-state index in [2.05, 4.69) is 15.9 Å². The quantitative estimate of drug-likeness (QED) is 0.386. The van der Waals surface area contributed by atoms with E-state index in [1.165, 1.54) is 30.3 Å². The van der Waals surface area contributed by atoms with Crippen molar-refractivity contribution < 1.29 is 33.4 Å². The molecule has 2 aromatic carbocycles. The Morgan fingerprint density at radius 2 is 1.93 bits per heavy atom. The Labute approximate surface area is 183 Å². The Balaban J connectivity index is 2.23. The molecular weight excluding hydrogens is 485 g/mol. The van der Waals surface area contributed by atoms with Crippen LogP contribution in [0.2, 0.25) is 5.02 Å². The van der Waals surface area contributed by atoms with Crippen LogP contribution in [0.15, 0.2) is 40.9 Å². The molecule has 7 nitrogen and oxygen atoms in total. The molecule has 2 amide bonds. The zero-order valence-electron chi connectivity index (χ0n) is 15.4. The SMILES string of the molecule is COC(=O)C1(CC(=O)O)C(=O)N(Cc2ccc(Br)cc2F)C(=O)c2ccc(Cl)cc21. The number of carbonyl (C=O) groups is 4. The van der Waals surface area contributed by atoms with Crippen molar-refractivity contribution >= 4 is 51.3 Å². The van der Waals surface area contributed by atoms with Crippen LogP contribution in [0.25, 0.3) is 0 Å². The van der Waals surface area contributed by atoms with E-state index < -0.39 is 48.0 Å². The van der Waals surface area contributed by atoms with Gasteiger partial charge in [0.25, 0.3) is 11.8 Å². The second kappa shape index (κ2) is 8.16. The fourth-order valence-corrected chi connectivity index (χ4v) is 3.95. The van der Waals surface area contributed by atoms with E-state index in [-0.39, 0.29) is 21.7 Å². The zero-order chi connectivity index (χ0) is 22.2. The summed E-state index contributed by atoms with van der Waals surface area (Å²) in [6, 6.07) is 7.91.